The molecule has 3 nitrogen and oxygen atoms in total. The van der Waals surface area contributed by atoms with Gasteiger partial charge in [0, 0.05) is 6.04 Å². The molecule has 0 aromatic carbocycles. The van der Waals surface area contributed by atoms with Crippen LogP contribution in [0.1, 0.15) is 25.7 Å². The summed E-state index contributed by atoms with van der Waals surface area (Å²) in [5.74, 6) is -1.44. The highest BCUT2D eigenvalue weighted by atomic mass is 19.4. The van der Waals surface area contributed by atoms with Gasteiger partial charge in [-0.2, -0.15) is 13.2 Å². The Hall–Kier alpha value is -0.940. The van der Waals surface area contributed by atoms with Crippen molar-refractivity contribution in [3.63, 3.8) is 0 Å². The Morgan fingerprint density at radius 3 is 2.36 bits per heavy atom. The molecule has 0 aromatic heterocycles. The van der Waals surface area contributed by atoms with Crippen molar-refractivity contribution in [2.24, 2.45) is 11.7 Å². The van der Waals surface area contributed by atoms with Gasteiger partial charge in [0.1, 0.15) is 0 Å². The molecule has 0 bridgehead atoms. The lowest BCUT2D eigenvalue weighted by atomic mass is 9.84. The Morgan fingerprint density at radius 1 is 1.29 bits per heavy atom. The first-order valence-corrected chi connectivity index (χ1v) is 4.54. The summed E-state index contributed by atoms with van der Waals surface area (Å²) in [6, 6.07) is -1.73. The quantitative estimate of drug-likeness (QED) is 0.681. The molecule has 0 saturated heterocycles. The number of urea groups is 1. The predicted octanol–water partition coefficient (Wildman–Crippen LogP) is 1.78. The van der Waals surface area contributed by atoms with Crippen molar-refractivity contribution in [3.05, 3.63) is 0 Å². The van der Waals surface area contributed by atoms with Crippen LogP contribution in [0, 0.1) is 5.92 Å². The smallest absolute Gasteiger partial charge is 0.352 e. The molecule has 0 aromatic rings. The molecule has 1 fully saturated rings. The minimum Gasteiger partial charge on any atom is -0.352 e. The largest absolute Gasteiger partial charge is 0.393 e. The van der Waals surface area contributed by atoms with E-state index in [2.05, 4.69) is 5.32 Å². The van der Waals surface area contributed by atoms with Crippen LogP contribution in [-0.4, -0.2) is 18.2 Å². The molecule has 2 atom stereocenters. The molecular formula is C8H13F3N2O. The Labute approximate surface area is 79.8 Å². The minimum absolute atomic E-state index is 0.0778. The lowest BCUT2D eigenvalue weighted by Gasteiger charge is -2.32. The summed E-state index contributed by atoms with van der Waals surface area (Å²) >= 11 is 0. The van der Waals surface area contributed by atoms with E-state index in [0.717, 1.165) is 0 Å². The molecule has 1 aliphatic carbocycles. The second-order valence-corrected chi connectivity index (χ2v) is 3.55. The fourth-order valence-electron chi connectivity index (χ4n) is 1.88. The van der Waals surface area contributed by atoms with E-state index in [1.807, 2.05) is 0 Å². The highest BCUT2D eigenvalue weighted by Crippen LogP contribution is 2.37. The fraction of sp³-hybridized carbons (Fsp3) is 0.875. The first kappa shape index (κ1) is 11.1. The molecule has 3 N–H and O–H groups in total. The van der Waals surface area contributed by atoms with Crippen LogP contribution in [-0.2, 0) is 0 Å². The zero-order valence-corrected chi connectivity index (χ0v) is 7.60. The number of amides is 2. The van der Waals surface area contributed by atoms with E-state index >= 15 is 0 Å². The van der Waals surface area contributed by atoms with Crippen LogP contribution in [0.15, 0.2) is 0 Å². The van der Waals surface area contributed by atoms with Gasteiger partial charge in [-0.1, -0.05) is 12.8 Å². The topological polar surface area (TPSA) is 55.1 Å². The Kier molecular flexibility index (Phi) is 3.23. The summed E-state index contributed by atoms with van der Waals surface area (Å²) in [4.78, 5) is 10.5. The molecule has 0 radical (unpaired) electrons. The maximum Gasteiger partial charge on any atom is 0.393 e. The van der Waals surface area contributed by atoms with Gasteiger partial charge in [-0.05, 0) is 12.8 Å². The Bertz CT molecular complexity index is 217. The lowest BCUT2D eigenvalue weighted by Crippen LogP contribution is -2.49. The van der Waals surface area contributed by atoms with Gasteiger partial charge >= 0.3 is 12.2 Å². The number of halogens is 3. The summed E-state index contributed by atoms with van der Waals surface area (Å²) in [6.07, 6.45) is -2.55. The van der Waals surface area contributed by atoms with Crippen LogP contribution in [0.5, 0.6) is 0 Å². The number of nitrogens with two attached hydrogens (primary N) is 1. The summed E-state index contributed by atoms with van der Waals surface area (Å²) < 4.78 is 37.3. The Balaban J connectivity index is 2.64. The van der Waals surface area contributed by atoms with E-state index in [-0.39, 0.29) is 6.42 Å². The van der Waals surface area contributed by atoms with E-state index in [1.54, 1.807) is 0 Å². The number of carbonyl (C=O) groups is 1. The molecule has 6 heteroatoms. The van der Waals surface area contributed by atoms with Crippen LogP contribution in [0.2, 0.25) is 0 Å². The number of alkyl halides is 3. The number of hydrogen-bond donors (Lipinski definition) is 2. The molecule has 82 valence electrons. The Morgan fingerprint density at radius 2 is 1.86 bits per heavy atom. The van der Waals surface area contributed by atoms with Crippen molar-refractivity contribution in [3.8, 4) is 0 Å². The molecule has 2 unspecified atom stereocenters. The van der Waals surface area contributed by atoms with Gasteiger partial charge in [0.15, 0.2) is 0 Å². The average molecular weight is 210 g/mol. The second kappa shape index (κ2) is 4.06. The normalized spacial score (nSPS) is 28.5. The number of rotatable bonds is 1. The zero-order valence-electron chi connectivity index (χ0n) is 7.60. The molecule has 0 aliphatic heterocycles. The number of hydrogen-bond acceptors (Lipinski definition) is 1. The van der Waals surface area contributed by atoms with E-state index in [1.165, 1.54) is 0 Å². The molecule has 1 aliphatic rings. The van der Waals surface area contributed by atoms with Crippen LogP contribution in [0.3, 0.4) is 0 Å². The minimum atomic E-state index is -4.24. The molecule has 14 heavy (non-hydrogen) atoms. The molecular weight excluding hydrogens is 197 g/mol. The van der Waals surface area contributed by atoms with Gasteiger partial charge in [-0.25, -0.2) is 4.79 Å². The molecule has 0 spiro atoms. The van der Waals surface area contributed by atoms with Crippen molar-refractivity contribution in [1.82, 2.24) is 5.32 Å². The van der Waals surface area contributed by atoms with Gasteiger partial charge in [0.2, 0.25) is 0 Å². The third-order valence-electron chi connectivity index (χ3n) is 2.51. The van der Waals surface area contributed by atoms with E-state index in [4.69, 9.17) is 5.73 Å². The third-order valence-corrected chi connectivity index (χ3v) is 2.51. The summed E-state index contributed by atoms with van der Waals surface area (Å²) in [5.41, 5.74) is 4.81. The summed E-state index contributed by atoms with van der Waals surface area (Å²) in [5, 5.41) is 2.16. The van der Waals surface area contributed by atoms with E-state index < -0.39 is 24.2 Å². The van der Waals surface area contributed by atoms with Crippen LogP contribution < -0.4 is 11.1 Å². The van der Waals surface area contributed by atoms with Crippen molar-refractivity contribution < 1.29 is 18.0 Å². The van der Waals surface area contributed by atoms with Crippen LogP contribution >= 0.6 is 0 Å². The molecule has 1 saturated carbocycles. The first-order chi connectivity index (χ1) is 6.41. The second-order valence-electron chi connectivity index (χ2n) is 3.55. The van der Waals surface area contributed by atoms with Gasteiger partial charge in [-0.15, -0.1) is 0 Å². The van der Waals surface area contributed by atoms with Gasteiger partial charge in [-0.3, -0.25) is 0 Å². The fourth-order valence-corrected chi connectivity index (χ4v) is 1.88. The van der Waals surface area contributed by atoms with Crippen molar-refractivity contribution >= 4 is 6.03 Å². The SMILES string of the molecule is NC(=O)NC1CCCCC1C(F)(F)F. The van der Waals surface area contributed by atoms with E-state index in [0.29, 0.717) is 19.3 Å². The third kappa shape index (κ3) is 2.78. The summed E-state index contributed by atoms with van der Waals surface area (Å²) in [6.45, 7) is 0. The number of primary amides is 1. The van der Waals surface area contributed by atoms with Crippen molar-refractivity contribution in [2.45, 2.75) is 37.9 Å². The molecule has 1 rings (SSSR count). The molecule has 2 amide bonds. The standard InChI is InChI=1S/C8H13F3N2O/c9-8(10,11)5-3-1-2-4-6(5)13-7(12)14/h5-6H,1-4H2,(H3,12,13,14). The maximum absolute atomic E-state index is 12.4. The number of nitrogens with one attached hydrogen (secondary N) is 1. The van der Waals surface area contributed by atoms with E-state index in [9.17, 15) is 18.0 Å². The predicted molar refractivity (Wildman–Crippen MR) is 44.5 cm³/mol. The zero-order chi connectivity index (χ0) is 10.8. The van der Waals surface area contributed by atoms with Crippen LogP contribution in [0.25, 0.3) is 0 Å². The summed E-state index contributed by atoms with van der Waals surface area (Å²) in [7, 11) is 0. The monoisotopic (exact) mass is 210 g/mol. The van der Waals surface area contributed by atoms with Gasteiger partial charge < -0.3 is 11.1 Å². The average Bonchev–Trinajstić information content (AvgIpc) is 2.01. The van der Waals surface area contributed by atoms with Crippen molar-refractivity contribution in [2.75, 3.05) is 0 Å². The van der Waals surface area contributed by atoms with Crippen LogP contribution in [0.4, 0.5) is 18.0 Å². The highest BCUT2D eigenvalue weighted by molar-refractivity contribution is 5.72. The van der Waals surface area contributed by atoms with Gasteiger partial charge in [0.25, 0.3) is 0 Å². The van der Waals surface area contributed by atoms with Gasteiger partial charge in [0.05, 0.1) is 5.92 Å². The number of carbonyl (C=O) groups excluding carboxylic acids is 1. The molecule has 0 heterocycles. The highest BCUT2D eigenvalue weighted by Gasteiger charge is 2.45. The first-order valence-electron chi connectivity index (χ1n) is 4.54. The van der Waals surface area contributed by atoms with Crippen molar-refractivity contribution in [1.29, 1.82) is 0 Å². The maximum atomic E-state index is 12.4. The lowest BCUT2D eigenvalue weighted by molar-refractivity contribution is -0.187.